The van der Waals surface area contributed by atoms with Gasteiger partial charge in [-0.3, -0.25) is 4.79 Å². The number of benzene rings is 1. The minimum absolute atomic E-state index is 0.185. The second kappa shape index (κ2) is 3.70. The van der Waals surface area contributed by atoms with E-state index in [1.807, 2.05) is 17.0 Å². The standard InChI is InChI=1S/C12H13NO2S/c14-10-4-2-1-3-8(10)6-13-7-9-5-11(16-9)12(13)15/h1-4,9,11,14H,5-7H2. The molecule has 1 aromatic carbocycles. The molecule has 84 valence electrons. The maximum atomic E-state index is 11.9. The van der Waals surface area contributed by atoms with Crippen LogP contribution in [0.25, 0.3) is 0 Å². The molecule has 1 aromatic rings. The zero-order valence-corrected chi connectivity index (χ0v) is 9.61. The minimum atomic E-state index is 0.185. The highest BCUT2D eigenvalue weighted by atomic mass is 32.2. The van der Waals surface area contributed by atoms with E-state index in [-0.39, 0.29) is 16.9 Å². The van der Waals surface area contributed by atoms with E-state index >= 15 is 0 Å². The zero-order valence-electron chi connectivity index (χ0n) is 8.80. The Morgan fingerprint density at radius 3 is 2.88 bits per heavy atom. The van der Waals surface area contributed by atoms with Gasteiger partial charge in [0.2, 0.25) is 5.91 Å². The van der Waals surface area contributed by atoms with Gasteiger partial charge in [-0.05, 0) is 12.5 Å². The molecule has 0 aliphatic carbocycles. The van der Waals surface area contributed by atoms with Crippen LogP contribution in [0.5, 0.6) is 5.75 Å². The van der Waals surface area contributed by atoms with E-state index in [1.165, 1.54) is 0 Å². The summed E-state index contributed by atoms with van der Waals surface area (Å²) in [5.41, 5.74) is 0.835. The number of nitrogens with zero attached hydrogens (tertiary/aromatic N) is 1. The molecule has 3 aliphatic heterocycles. The molecule has 3 aliphatic rings. The van der Waals surface area contributed by atoms with Crippen LogP contribution >= 0.6 is 11.8 Å². The van der Waals surface area contributed by atoms with E-state index in [4.69, 9.17) is 0 Å². The Kier molecular flexibility index (Phi) is 2.32. The Balaban J connectivity index is 1.75. The number of aromatic hydroxyl groups is 1. The van der Waals surface area contributed by atoms with Crippen LogP contribution < -0.4 is 0 Å². The van der Waals surface area contributed by atoms with Crippen LogP contribution in [-0.4, -0.2) is 33.0 Å². The van der Waals surface area contributed by atoms with E-state index in [0.29, 0.717) is 11.8 Å². The minimum Gasteiger partial charge on any atom is -0.508 e. The Labute approximate surface area is 98.4 Å². The molecule has 4 heteroatoms. The molecule has 2 atom stereocenters. The summed E-state index contributed by atoms with van der Waals surface area (Å²) >= 11 is 1.79. The van der Waals surface area contributed by atoms with Crippen molar-refractivity contribution in [2.75, 3.05) is 6.54 Å². The number of carbonyl (C=O) groups excluding carboxylic acids is 1. The largest absolute Gasteiger partial charge is 0.508 e. The van der Waals surface area contributed by atoms with Crippen LogP contribution in [0.1, 0.15) is 12.0 Å². The molecule has 0 spiro atoms. The fourth-order valence-electron chi connectivity index (χ4n) is 2.27. The molecule has 3 heterocycles. The van der Waals surface area contributed by atoms with E-state index < -0.39 is 0 Å². The maximum Gasteiger partial charge on any atom is 0.236 e. The number of thioether (sulfide) groups is 1. The average Bonchev–Trinajstić information content (AvgIpc) is 2.22. The van der Waals surface area contributed by atoms with Crippen molar-refractivity contribution >= 4 is 17.7 Å². The van der Waals surface area contributed by atoms with Crippen LogP contribution in [0.15, 0.2) is 24.3 Å². The fraction of sp³-hybridized carbons (Fsp3) is 0.417. The zero-order chi connectivity index (χ0) is 11.1. The lowest BCUT2D eigenvalue weighted by Crippen LogP contribution is -2.54. The van der Waals surface area contributed by atoms with Crippen molar-refractivity contribution < 1.29 is 9.90 Å². The highest BCUT2D eigenvalue weighted by molar-refractivity contribution is 8.02. The molecule has 16 heavy (non-hydrogen) atoms. The van der Waals surface area contributed by atoms with Crippen molar-refractivity contribution in [3.63, 3.8) is 0 Å². The van der Waals surface area contributed by atoms with Crippen molar-refractivity contribution in [3.8, 4) is 5.75 Å². The van der Waals surface area contributed by atoms with E-state index in [1.54, 1.807) is 23.9 Å². The van der Waals surface area contributed by atoms with Crippen molar-refractivity contribution in [1.82, 2.24) is 4.90 Å². The Bertz CT molecular complexity index is 429. The summed E-state index contributed by atoms with van der Waals surface area (Å²) in [5.74, 6) is 0.512. The molecule has 1 amide bonds. The summed E-state index contributed by atoms with van der Waals surface area (Å²) in [4.78, 5) is 13.8. The quantitative estimate of drug-likeness (QED) is 0.846. The third-order valence-electron chi connectivity index (χ3n) is 3.20. The van der Waals surface area contributed by atoms with Gasteiger partial charge in [0.1, 0.15) is 5.75 Å². The predicted molar refractivity (Wildman–Crippen MR) is 63.3 cm³/mol. The van der Waals surface area contributed by atoms with Crippen molar-refractivity contribution in [1.29, 1.82) is 0 Å². The smallest absolute Gasteiger partial charge is 0.236 e. The second-order valence-electron chi connectivity index (χ2n) is 4.33. The molecule has 3 nitrogen and oxygen atoms in total. The van der Waals surface area contributed by atoms with Crippen LogP contribution in [0, 0.1) is 0 Å². The van der Waals surface area contributed by atoms with Crippen molar-refractivity contribution in [2.24, 2.45) is 0 Å². The molecule has 0 radical (unpaired) electrons. The lowest BCUT2D eigenvalue weighted by Gasteiger charge is -2.45. The highest BCUT2D eigenvalue weighted by Gasteiger charge is 2.44. The molecular weight excluding hydrogens is 222 g/mol. The summed E-state index contributed by atoms with van der Waals surface area (Å²) in [5, 5.41) is 10.5. The number of rotatable bonds is 2. The van der Waals surface area contributed by atoms with Gasteiger partial charge in [-0.15, -0.1) is 11.8 Å². The van der Waals surface area contributed by atoms with Crippen molar-refractivity contribution in [3.05, 3.63) is 29.8 Å². The molecule has 2 unspecified atom stereocenters. The molecule has 0 aromatic heterocycles. The fourth-order valence-corrected chi connectivity index (χ4v) is 3.55. The molecule has 4 rings (SSSR count). The molecular formula is C12H13NO2S. The third kappa shape index (κ3) is 1.57. The van der Waals surface area contributed by atoms with Gasteiger partial charge in [-0.2, -0.15) is 0 Å². The van der Waals surface area contributed by atoms with Gasteiger partial charge in [0.15, 0.2) is 0 Å². The van der Waals surface area contributed by atoms with Crippen molar-refractivity contribution in [2.45, 2.75) is 23.5 Å². The predicted octanol–water partition coefficient (Wildman–Crippen LogP) is 1.61. The molecule has 0 saturated carbocycles. The number of amides is 1. The first-order chi connectivity index (χ1) is 7.74. The molecule has 2 bridgehead atoms. The summed E-state index contributed by atoms with van der Waals surface area (Å²) in [6, 6.07) is 7.22. The number of phenolic OH excluding ortho intramolecular Hbond substituents is 1. The lowest BCUT2D eigenvalue weighted by molar-refractivity contribution is -0.134. The Morgan fingerprint density at radius 1 is 1.44 bits per heavy atom. The summed E-state index contributed by atoms with van der Waals surface area (Å²) in [6.07, 6.45) is 1.04. The molecule has 1 N–H and O–H groups in total. The summed E-state index contributed by atoms with van der Waals surface area (Å²) in [6.45, 7) is 1.37. The first kappa shape index (κ1) is 10.0. The van der Waals surface area contributed by atoms with E-state index in [2.05, 4.69) is 0 Å². The number of phenols is 1. The second-order valence-corrected chi connectivity index (χ2v) is 5.84. The van der Waals surface area contributed by atoms with Gasteiger partial charge < -0.3 is 10.0 Å². The number of piperidine rings is 1. The maximum absolute atomic E-state index is 11.9. The van der Waals surface area contributed by atoms with Gasteiger partial charge >= 0.3 is 0 Å². The highest BCUT2D eigenvalue weighted by Crippen LogP contribution is 2.42. The Morgan fingerprint density at radius 2 is 2.19 bits per heavy atom. The first-order valence-electron chi connectivity index (χ1n) is 5.45. The number of hydrogen-bond donors (Lipinski definition) is 1. The van der Waals surface area contributed by atoms with Gasteiger partial charge in [0.05, 0.1) is 5.25 Å². The number of para-hydroxylation sites is 1. The summed E-state index contributed by atoms with van der Waals surface area (Å²) < 4.78 is 0. The topological polar surface area (TPSA) is 40.5 Å². The number of hydrogen-bond acceptors (Lipinski definition) is 3. The lowest BCUT2D eigenvalue weighted by atomic mass is 10.1. The SMILES string of the molecule is O=C1C2CC(CN1Cc1ccccc1O)S2. The van der Waals surface area contributed by atoms with Crippen LogP contribution in [-0.2, 0) is 11.3 Å². The first-order valence-corrected chi connectivity index (χ1v) is 6.39. The van der Waals surface area contributed by atoms with Gasteiger partial charge in [0.25, 0.3) is 0 Å². The monoisotopic (exact) mass is 235 g/mol. The Hall–Kier alpha value is -1.16. The normalized spacial score (nSPS) is 27.8. The van der Waals surface area contributed by atoms with Crippen LogP contribution in [0.3, 0.4) is 0 Å². The average molecular weight is 235 g/mol. The van der Waals surface area contributed by atoms with E-state index in [9.17, 15) is 9.90 Å². The van der Waals surface area contributed by atoms with Gasteiger partial charge in [0, 0.05) is 23.9 Å². The van der Waals surface area contributed by atoms with Crippen LogP contribution in [0.4, 0.5) is 0 Å². The number of fused-ring (bicyclic) bond motifs is 2. The van der Waals surface area contributed by atoms with E-state index in [0.717, 1.165) is 18.5 Å². The molecule has 3 fully saturated rings. The van der Waals surface area contributed by atoms with Crippen LogP contribution in [0.2, 0.25) is 0 Å². The molecule has 3 saturated heterocycles. The van der Waals surface area contributed by atoms with Gasteiger partial charge in [-0.25, -0.2) is 0 Å². The third-order valence-corrected chi connectivity index (χ3v) is 4.65. The number of carbonyl (C=O) groups is 1. The van der Waals surface area contributed by atoms with Gasteiger partial charge in [-0.1, -0.05) is 18.2 Å². The summed E-state index contributed by atoms with van der Waals surface area (Å²) in [7, 11) is 0.